The lowest BCUT2D eigenvalue weighted by Crippen LogP contribution is -2.39. The number of carbonyl (C=O) groups excluding carboxylic acids is 1. The molecule has 4 heterocycles. The molecule has 0 aromatic carbocycles. The number of likely N-dealkylation sites (tertiary alicyclic amines) is 1. The molecule has 3 aliphatic heterocycles. The fourth-order valence-electron chi connectivity index (χ4n) is 3.96. The summed E-state index contributed by atoms with van der Waals surface area (Å²) in [5.41, 5.74) is 0.205. The summed E-state index contributed by atoms with van der Waals surface area (Å²) in [5.74, 6) is -2.51. The molecule has 0 aliphatic carbocycles. The van der Waals surface area contributed by atoms with Crippen molar-refractivity contribution in [2.75, 3.05) is 6.54 Å². The van der Waals surface area contributed by atoms with Gasteiger partial charge in [-0.25, -0.2) is 0 Å². The lowest BCUT2D eigenvalue weighted by molar-refractivity contribution is -0.148. The number of carboxylic acid groups (broad SMARTS) is 1. The van der Waals surface area contributed by atoms with Gasteiger partial charge in [0.25, 0.3) is 0 Å². The second kappa shape index (κ2) is 4.39. The van der Waals surface area contributed by atoms with Gasteiger partial charge in [0.2, 0.25) is 5.91 Å². The molecule has 0 radical (unpaired) electrons. The van der Waals surface area contributed by atoms with E-state index in [0.717, 1.165) is 5.56 Å². The molecule has 22 heavy (non-hydrogen) atoms. The van der Waals surface area contributed by atoms with E-state index in [1.165, 1.54) is 0 Å². The highest BCUT2D eigenvalue weighted by atomic mass is 16.5. The Kier molecular flexibility index (Phi) is 2.69. The number of carboxylic acids is 1. The molecule has 4 rings (SSSR count). The second-order valence-electron chi connectivity index (χ2n) is 6.16. The van der Waals surface area contributed by atoms with Gasteiger partial charge in [0, 0.05) is 12.4 Å². The number of hydrogen-bond acceptors (Lipinski definition) is 4. The molecule has 2 fully saturated rings. The summed E-state index contributed by atoms with van der Waals surface area (Å²) in [4.78, 5) is 30.1. The van der Waals surface area contributed by atoms with Crippen LogP contribution in [0.5, 0.6) is 0 Å². The van der Waals surface area contributed by atoms with Crippen molar-refractivity contribution >= 4 is 11.9 Å². The fraction of sp³-hybridized carbons (Fsp3) is 0.438. The molecule has 0 saturated carbocycles. The molecule has 1 spiro atoms. The van der Waals surface area contributed by atoms with Gasteiger partial charge in [-0.15, -0.1) is 0 Å². The van der Waals surface area contributed by atoms with E-state index in [1.807, 2.05) is 25.1 Å². The number of ether oxygens (including phenoxy) is 1. The fourth-order valence-corrected chi connectivity index (χ4v) is 3.96. The predicted octanol–water partition coefficient (Wildman–Crippen LogP) is 1.01. The van der Waals surface area contributed by atoms with E-state index in [2.05, 4.69) is 4.98 Å². The van der Waals surface area contributed by atoms with Crippen LogP contribution in [0.3, 0.4) is 0 Å². The van der Waals surface area contributed by atoms with E-state index in [-0.39, 0.29) is 11.9 Å². The summed E-state index contributed by atoms with van der Waals surface area (Å²) in [5, 5.41) is 9.45. The topological polar surface area (TPSA) is 79.7 Å². The Balaban J connectivity index is 1.68. The van der Waals surface area contributed by atoms with Gasteiger partial charge >= 0.3 is 5.97 Å². The quantitative estimate of drug-likeness (QED) is 0.843. The summed E-state index contributed by atoms with van der Waals surface area (Å²) in [6.45, 7) is 2.34. The van der Waals surface area contributed by atoms with Crippen molar-refractivity contribution in [3.05, 3.63) is 42.2 Å². The van der Waals surface area contributed by atoms with Crippen LogP contribution in [0.1, 0.15) is 18.5 Å². The zero-order valence-corrected chi connectivity index (χ0v) is 12.0. The molecule has 1 N–H and O–H groups in total. The van der Waals surface area contributed by atoms with Crippen LogP contribution in [0, 0.1) is 11.8 Å². The van der Waals surface area contributed by atoms with Gasteiger partial charge in [-0.05, 0) is 24.6 Å². The second-order valence-corrected chi connectivity index (χ2v) is 6.16. The Bertz CT molecular complexity index is 674. The number of aliphatic carboxylic acids is 1. The number of carbonyl (C=O) groups is 2. The molecule has 1 aromatic rings. The highest BCUT2D eigenvalue weighted by Gasteiger charge is 2.67. The zero-order chi connectivity index (χ0) is 15.5. The number of pyridine rings is 1. The van der Waals surface area contributed by atoms with Crippen LogP contribution < -0.4 is 0 Å². The molecular formula is C16H16N2O4. The Morgan fingerprint density at radius 3 is 2.91 bits per heavy atom. The molecule has 2 bridgehead atoms. The van der Waals surface area contributed by atoms with Crippen LogP contribution in [0.2, 0.25) is 0 Å². The summed E-state index contributed by atoms with van der Waals surface area (Å²) in [7, 11) is 0. The van der Waals surface area contributed by atoms with Gasteiger partial charge in [0.15, 0.2) is 0 Å². The van der Waals surface area contributed by atoms with Gasteiger partial charge in [0.1, 0.15) is 11.5 Å². The van der Waals surface area contributed by atoms with E-state index in [1.54, 1.807) is 23.4 Å². The minimum absolute atomic E-state index is 0.136. The number of nitrogens with zero attached hydrogens (tertiary/aromatic N) is 2. The smallest absolute Gasteiger partial charge is 0.310 e. The number of hydrogen-bond donors (Lipinski definition) is 1. The van der Waals surface area contributed by atoms with E-state index in [0.29, 0.717) is 6.54 Å². The highest BCUT2D eigenvalue weighted by molar-refractivity contribution is 5.91. The molecule has 1 amide bonds. The average molecular weight is 300 g/mol. The maximum absolute atomic E-state index is 12.8. The lowest BCUT2D eigenvalue weighted by Gasteiger charge is -2.27. The maximum atomic E-state index is 12.8. The van der Waals surface area contributed by atoms with Crippen LogP contribution in [0.15, 0.2) is 36.7 Å². The van der Waals surface area contributed by atoms with E-state index in [9.17, 15) is 14.7 Å². The van der Waals surface area contributed by atoms with E-state index in [4.69, 9.17) is 4.74 Å². The van der Waals surface area contributed by atoms with Crippen LogP contribution in [-0.4, -0.2) is 45.1 Å². The number of fused-ring (bicyclic) bond motifs is 1. The minimum atomic E-state index is -0.965. The molecule has 3 aliphatic rings. The first-order valence-electron chi connectivity index (χ1n) is 7.34. The molecule has 6 heteroatoms. The summed E-state index contributed by atoms with van der Waals surface area (Å²) in [6.07, 6.45) is 6.55. The number of amides is 1. The molecule has 6 nitrogen and oxygen atoms in total. The first-order valence-corrected chi connectivity index (χ1v) is 7.34. The Hall–Kier alpha value is -2.21. The SMILES string of the molecule is C[C@H](c1ccncc1)N1C[C@@]23C=C[C@H](O2)[C@H](C(=O)O)[C@@H]3C1=O. The van der Waals surface area contributed by atoms with E-state index >= 15 is 0 Å². The normalized spacial score (nSPS) is 36.7. The minimum Gasteiger partial charge on any atom is -0.481 e. The van der Waals surface area contributed by atoms with Crippen molar-refractivity contribution in [3.63, 3.8) is 0 Å². The summed E-state index contributed by atoms with van der Waals surface area (Å²) < 4.78 is 5.88. The number of aromatic nitrogens is 1. The zero-order valence-electron chi connectivity index (χ0n) is 12.0. The van der Waals surface area contributed by atoms with Crippen LogP contribution in [0.25, 0.3) is 0 Å². The average Bonchev–Trinajstić information content (AvgIpc) is 3.15. The van der Waals surface area contributed by atoms with Crippen molar-refractivity contribution in [2.24, 2.45) is 11.8 Å². The molecule has 114 valence electrons. The lowest BCUT2D eigenvalue weighted by atomic mass is 9.77. The predicted molar refractivity (Wildman–Crippen MR) is 75.7 cm³/mol. The standard InChI is InChI=1S/C16H16N2O4/c1-9(10-3-6-17-7-4-10)18-8-16-5-2-11(22-16)12(15(20)21)13(16)14(18)19/h2-7,9,11-13H,8H2,1H3,(H,20,21)/t9-,11+,12+,13-,16-/m1/s1. The van der Waals surface area contributed by atoms with Crippen molar-refractivity contribution < 1.29 is 19.4 Å². The Labute approximate surface area is 127 Å². The van der Waals surface area contributed by atoms with Gasteiger partial charge in [-0.3, -0.25) is 14.6 Å². The molecule has 1 aromatic heterocycles. The largest absolute Gasteiger partial charge is 0.481 e. The van der Waals surface area contributed by atoms with Crippen LogP contribution in [0.4, 0.5) is 0 Å². The van der Waals surface area contributed by atoms with Crippen molar-refractivity contribution in [1.82, 2.24) is 9.88 Å². The van der Waals surface area contributed by atoms with Crippen LogP contribution in [-0.2, 0) is 14.3 Å². The highest BCUT2D eigenvalue weighted by Crippen LogP contribution is 2.53. The third kappa shape index (κ3) is 1.61. The Morgan fingerprint density at radius 2 is 2.23 bits per heavy atom. The van der Waals surface area contributed by atoms with Gasteiger partial charge < -0.3 is 14.7 Å². The van der Waals surface area contributed by atoms with Crippen molar-refractivity contribution in [3.8, 4) is 0 Å². The molecule has 5 atom stereocenters. The Morgan fingerprint density at radius 1 is 1.50 bits per heavy atom. The first-order chi connectivity index (χ1) is 10.5. The van der Waals surface area contributed by atoms with Gasteiger partial charge in [0.05, 0.1) is 24.6 Å². The third-order valence-corrected chi connectivity index (χ3v) is 5.07. The van der Waals surface area contributed by atoms with Gasteiger partial charge in [-0.2, -0.15) is 0 Å². The molecule has 0 unspecified atom stereocenters. The monoisotopic (exact) mass is 300 g/mol. The summed E-state index contributed by atoms with van der Waals surface area (Å²) in [6, 6.07) is 3.60. The van der Waals surface area contributed by atoms with Crippen molar-refractivity contribution in [2.45, 2.75) is 24.7 Å². The van der Waals surface area contributed by atoms with Gasteiger partial charge in [-0.1, -0.05) is 12.2 Å². The first kappa shape index (κ1) is 13.5. The summed E-state index contributed by atoms with van der Waals surface area (Å²) >= 11 is 0. The third-order valence-electron chi connectivity index (χ3n) is 5.07. The maximum Gasteiger partial charge on any atom is 0.310 e. The number of rotatable bonds is 3. The van der Waals surface area contributed by atoms with E-state index < -0.39 is 29.5 Å². The molecule has 2 saturated heterocycles. The molecular weight excluding hydrogens is 284 g/mol. The van der Waals surface area contributed by atoms with Crippen molar-refractivity contribution in [1.29, 1.82) is 0 Å². The van der Waals surface area contributed by atoms with Crippen LogP contribution >= 0.6 is 0 Å².